The monoisotopic (exact) mass is 238 g/mol. The molecular formula is C11H18N4S. The minimum Gasteiger partial charge on any atom is -0.397 e. The number of nitrogens with two attached hydrogens (primary N) is 1. The van der Waals surface area contributed by atoms with Crippen LogP contribution in [0.1, 0.15) is 0 Å². The van der Waals surface area contributed by atoms with Gasteiger partial charge in [0, 0.05) is 44.7 Å². The molecule has 1 aliphatic rings. The minimum atomic E-state index is 0.785. The first-order chi connectivity index (χ1) is 7.86. The van der Waals surface area contributed by atoms with E-state index in [1.165, 1.54) is 0 Å². The molecule has 0 aromatic carbocycles. The zero-order chi connectivity index (χ0) is 11.2. The van der Waals surface area contributed by atoms with Gasteiger partial charge in [-0.25, -0.2) is 4.98 Å². The van der Waals surface area contributed by atoms with E-state index in [1.807, 2.05) is 12.1 Å². The van der Waals surface area contributed by atoms with Crippen molar-refractivity contribution in [3.05, 3.63) is 18.3 Å². The maximum absolute atomic E-state index is 5.83. The average molecular weight is 238 g/mol. The van der Waals surface area contributed by atoms with E-state index in [0.29, 0.717) is 0 Å². The highest BCUT2D eigenvalue weighted by molar-refractivity contribution is 7.99. The van der Waals surface area contributed by atoms with E-state index in [9.17, 15) is 0 Å². The fraction of sp³-hybridized carbons (Fsp3) is 0.545. The van der Waals surface area contributed by atoms with Crippen molar-refractivity contribution in [2.24, 2.45) is 0 Å². The molecule has 0 atom stereocenters. The molecule has 2 heterocycles. The van der Waals surface area contributed by atoms with E-state index < -0.39 is 0 Å². The lowest BCUT2D eigenvalue weighted by atomic mass is 10.4. The van der Waals surface area contributed by atoms with E-state index in [4.69, 9.17) is 5.73 Å². The highest BCUT2D eigenvalue weighted by Gasteiger charge is 2.09. The molecule has 0 saturated carbocycles. The van der Waals surface area contributed by atoms with Crippen molar-refractivity contribution in [2.45, 2.75) is 5.03 Å². The Kier molecular flexibility index (Phi) is 4.44. The fourth-order valence-corrected chi connectivity index (χ4v) is 2.64. The van der Waals surface area contributed by atoms with Crippen LogP contribution in [0.2, 0.25) is 0 Å². The summed E-state index contributed by atoms with van der Waals surface area (Å²) in [6.07, 6.45) is 1.80. The standard InChI is InChI=1S/C11H18N4S/c12-10-2-1-3-14-11(10)16-9-8-15-6-4-13-5-7-15/h1-3,13H,4-9,12H2. The Morgan fingerprint density at radius 2 is 2.25 bits per heavy atom. The van der Waals surface area contributed by atoms with Crippen LogP contribution in [0.4, 0.5) is 5.69 Å². The van der Waals surface area contributed by atoms with E-state index in [2.05, 4.69) is 15.2 Å². The maximum atomic E-state index is 5.83. The predicted molar refractivity (Wildman–Crippen MR) is 68.7 cm³/mol. The van der Waals surface area contributed by atoms with Gasteiger partial charge in [0.2, 0.25) is 0 Å². The van der Waals surface area contributed by atoms with E-state index in [0.717, 1.165) is 49.2 Å². The molecular weight excluding hydrogens is 220 g/mol. The summed E-state index contributed by atoms with van der Waals surface area (Å²) < 4.78 is 0. The van der Waals surface area contributed by atoms with Crippen LogP contribution in [0.15, 0.2) is 23.4 Å². The van der Waals surface area contributed by atoms with Gasteiger partial charge in [-0.15, -0.1) is 11.8 Å². The van der Waals surface area contributed by atoms with Gasteiger partial charge in [-0.2, -0.15) is 0 Å². The third-order valence-electron chi connectivity index (χ3n) is 2.66. The number of nitrogens with zero attached hydrogens (tertiary/aromatic N) is 2. The second kappa shape index (κ2) is 6.08. The Morgan fingerprint density at radius 3 is 3.00 bits per heavy atom. The Balaban J connectivity index is 1.73. The molecule has 0 amide bonds. The Labute approximate surface area is 101 Å². The predicted octanol–water partition coefficient (Wildman–Crippen LogP) is 0.661. The number of thioether (sulfide) groups is 1. The zero-order valence-electron chi connectivity index (χ0n) is 9.35. The summed E-state index contributed by atoms with van der Waals surface area (Å²) in [6, 6.07) is 3.77. The van der Waals surface area contributed by atoms with Crippen LogP contribution in [0.5, 0.6) is 0 Å². The SMILES string of the molecule is Nc1cccnc1SCCN1CCNCC1. The maximum Gasteiger partial charge on any atom is 0.119 e. The van der Waals surface area contributed by atoms with Crippen LogP contribution < -0.4 is 11.1 Å². The number of rotatable bonds is 4. The summed E-state index contributed by atoms with van der Waals surface area (Å²) in [5, 5.41) is 4.31. The van der Waals surface area contributed by atoms with Crippen molar-refractivity contribution in [2.75, 3.05) is 44.2 Å². The van der Waals surface area contributed by atoms with Gasteiger partial charge in [0.05, 0.1) is 5.69 Å². The van der Waals surface area contributed by atoms with Crippen molar-refractivity contribution >= 4 is 17.4 Å². The van der Waals surface area contributed by atoms with Gasteiger partial charge in [-0.1, -0.05) is 0 Å². The molecule has 1 aromatic rings. The lowest BCUT2D eigenvalue weighted by Gasteiger charge is -2.26. The van der Waals surface area contributed by atoms with Gasteiger partial charge < -0.3 is 11.1 Å². The number of hydrogen-bond acceptors (Lipinski definition) is 5. The van der Waals surface area contributed by atoms with Gasteiger partial charge in [0.15, 0.2) is 0 Å². The molecule has 1 aromatic heterocycles. The highest BCUT2D eigenvalue weighted by atomic mass is 32.2. The van der Waals surface area contributed by atoms with Crippen LogP contribution >= 0.6 is 11.8 Å². The molecule has 4 nitrogen and oxygen atoms in total. The van der Waals surface area contributed by atoms with Crippen molar-refractivity contribution < 1.29 is 0 Å². The van der Waals surface area contributed by atoms with Crippen molar-refractivity contribution in [3.8, 4) is 0 Å². The van der Waals surface area contributed by atoms with Crippen LogP contribution in [-0.4, -0.2) is 48.4 Å². The number of nitrogen functional groups attached to an aromatic ring is 1. The number of anilines is 1. The fourth-order valence-electron chi connectivity index (χ4n) is 1.73. The lowest BCUT2D eigenvalue weighted by Crippen LogP contribution is -2.44. The van der Waals surface area contributed by atoms with Gasteiger partial charge in [0.25, 0.3) is 0 Å². The summed E-state index contributed by atoms with van der Waals surface area (Å²) >= 11 is 1.74. The van der Waals surface area contributed by atoms with Crippen LogP contribution in [0.25, 0.3) is 0 Å². The molecule has 88 valence electrons. The van der Waals surface area contributed by atoms with Gasteiger partial charge in [-0.3, -0.25) is 4.90 Å². The second-order valence-electron chi connectivity index (χ2n) is 3.84. The van der Waals surface area contributed by atoms with Gasteiger partial charge in [0.1, 0.15) is 5.03 Å². The average Bonchev–Trinajstić information content (AvgIpc) is 2.33. The van der Waals surface area contributed by atoms with Crippen LogP contribution in [-0.2, 0) is 0 Å². The van der Waals surface area contributed by atoms with Crippen LogP contribution in [0.3, 0.4) is 0 Å². The molecule has 0 aliphatic carbocycles. The number of aromatic nitrogens is 1. The Hall–Kier alpha value is -0.780. The normalized spacial score (nSPS) is 17.5. The lowest BCUT2D eigenvalue weighted by molar-refractivity contribution is 0.255. The minimum absolute atomic E-state index is 0.785. The molecule has 0 spiro atoms. The van der Waals surface area contributed by atoms with Gasteiger partial charge >= 0.3 is 0 Å². The third kappa shape index (κ3) is 3.37. The van der Waals surface area contributed by atoms with E-state index in [1.54, 1.807) is 18.0 Å². The van der Waals surface area contributed by atoms with Crippen molar-refractivity contribution in [1.29, 1.82) is 0 Å². The number of hydrogen-bond donors (Lipinski definition) is 2. The molecule has 2 rings (SSSR count). The topological polar surface area (TPSA) is 54.2 Å². The summed E-state index contributed by atoms with van der Waals surface area (Å²) in [5.74, 6) is 1.06. The summed E-state index contributed by atoms with van der Waals surface area (Å²) in [6.45, 7) is 5.63. The van der Waals surface area contributed by atoms with Gasteiger partial charge in [-0.05, 0) is 12.1 Å². The molecule has 5 heteroatoms. The quantitative estimate of drug-likeness (QED) is 0.755. The van der Waals surface area contributed by atoms with E-state index in [-0.39, 0.29) is 0 Å². The Bertz CT molecular complexity index is 326. The highest BCUT2D eigenvalue weighted by Crippen LogP contribution is 2.21. The largest absolute Gasteiger partial charge is 0.397 e. The molecule has 0 radical (unpaired) electrons. The summed E-state index contributed by atoms with van der Waals surface area (Å²) in [7, 11) is 0. The molecule has 1 saturated heterocycles. The molecule has 16 heavy (non-hydrogen) atoms. The molecule has 0 unspecified atom stereocenters. The summed E-state index contributed by atoms with van der Waals surface area (Å²) in [5.41, 5.74) is 6.62. The van der Waals surface area contributed by atoms with Crippen molar-refractivity contribution in [1.82, 2.24) is 15.2 Å². The van der Waals surface area contributed by atoms with E-state index >= 15 is 0 Å². The first kappa shape index (κ1) is 11.7. The zero-order valence-corrected chi connectivity index (χ0v) is 10.2. The molecule has 3 N–H and O–H groups in total. The smallest absolute Gasteiger partial charge is 0.119 e. The number of piperazine rings is 1. The molecule has 1 aliphatic heterocycles. The summed E-state index contributed by atoms with van der Waals surface area (Å²) in [4.78, 5) is 6.74. The Morgan fingerprint density at radius 1 is 1.44 bits per heavy atom. The second-order valence-corrected chi connectivity index (χ2v) is 4.92. The number of nitrogens with one attached hydrogen (secondary N) is 1. The first-order valence-corrected chi connectivity index (χ1v) is 6.61. The molecule has 0 bridgehead atoms. The first-order valence-electron chi connectivity index (χ1n) is 5.62. The number of pyridine rings is 1. The van der Waals surface area contributed by atoms with Crippen LogP contribution in [0, 0.1) is 0 Å². The van der Waals surface area contributed by atoms with Crippen molar-refractivity contribution in [3.63, 3.8) is 0 Å². The molecule has 1 fully saturated rings. The third-order valence-corrected chi connectivity index (χ3v) is 3.66.